The molecule has 0 radical (unpaired) electrons. The van der Waals surface area contributed by atoms with Crippen molar-refractivity contribution < 1.29 is 19.4 Å². The molecule has 0 aliphatic carbocycles. The van der Waals surface area contributed by atoms with Crippen LogP contribution in [0.5, 0.6) is 11.5 Å². The Labute approximate surface area is 252 Å². The number of rotatable bonds is 7. The zero-order valence-electron chi connectivity index (χ0n) is 22.5. The van der Waals surface area contributed by atoms with E-state index in [0.717, 1.165) is 50.5 Å². The molecule has 0 unspecified atom stereocenters. The summed E-state index contributed by atoms with van der Waals surface area (Å²) in [6, 6.07) is 17.9. The second-order valence-corrected chi connectivity index (χ2v) is 11.3. The van der Waals surface area contributed by atoms with Gasteiger partial charge in [-0.25, -0.2) is 4.99 Å². The highest BCUT2D eigenvalue weighted by molar-refractivity contribution is 9.10. The van der Waals surface area contributed by atoms with Gasteiger partial charge < -0.3 is 14.6 Å². The van der Waals surface area contributed by atoms with Gasteiger partial charge in [0.2, 0.25) is 5.75 Å². The number of amides is 1. The Bertz CT molecular complexity index is 1830. The Morgan fingerprint density at radius 1 is 0.976 bits per heavy atom. The molecule has 5 rings (SSSR count). The van der Waals surface area contributed by atoms with Gasteiger partial charge in [-0.15, -0.1) is 0 Å². The minimum atomic E-state index is -0.723. The van der Waals surface area contributed by atoms with E-state index in [0.29, 0.717) is 15.8 Å². The average molecular weight is 648 g/mol. The summed E-state index contributed by atoms with van der Waals surface area (Å²) in [5.74, 6) is -0.00125. The lowest BCUT2D eigenvalue weighted by Crippen LogP contribution is -2.19. The molecule has 1 aliphatic rings. The number of carbonyl (C=O) groups is 1. The van der Waals surface area contributed by atoms with Gasteiger partial charge in [-0.3, -0.25) is 25.0 Å². The number of nitrogens with zero attached hydrogens (tertiary/aromatic N) is 4. The number of carbonyl (C=O) groups excluding carboxylic acids is 1. The Hall–Kier alpha value is -4.75. The Morgan fingerprint density at radius 2 is 1.71 bits per heavy atom. The highest BCUT2D eigenvalue weighted by atomic mass is 79.9. The van der Waals surface area contributed by atoms with Crippen LogP contribution in [0.1, 0.15) is 22.5 Å². The average Bonchev–Trinajstić information content (AvgIpc) is 3.42. The third-order valence-corrected chi connectivity index (χ3v) is 7.86. The van der Waals surface area contributed by atoms with Crippen molar-refractivity contribution in [1.29, 1.82) is 0 Å². The molecular weight excluding hydrogens is 626 g/mol. The largest absolute Gasteiger partial charge is 0.450 e. The minimum absolute atomic E-state index is 0.105. The number of thioether (sulfide) groups is 1. The van der Waals surface area contributed by atoms with E-state index in [1.165, 1.54) is 17.8 Å². The molecular formula is C29H22BrN5O6S. The van der Waals surface area contributed by atoms with Crippen LogP contribution in [0.3, 0.4) is 0 Å². The summed E-state index contributed by atoms with van der Waals surface area (Å²) in [6.45, 7) is 5.85. The zero-order chi connectivity index (χ0) is 30.1. The maximum atomic E-state index is 12.7. The van der Waals surface area contributed by atoms with Crippen molar-refractivity contribution in [2.45, 2.75) is 20.8 Å². The number of amidine groups is 1. The first-order chi connectivity index (χ1) is 20.0. The van der Waals surface area contributed by atoms with Gasteiger partial charge in [0.1, 0.15) is 5.75 Å². The predicted molar refractivity (Wildman–Crippen MR) is 165 cm³/mol. The van der Waals surface area contributed by atoms with E-state index >= 15 is 0 Å². The monoisotopic (exact) mass is 647 g/mol. The second-order valence-electron chi connectivity index (χ2n) is 9.34. The van der Waals surface area contributed by atoms with Gasteiger partial charge in [-0.1, -0.05) is 15.9 Å². The normalized spacial score (nSPS) is 14.8. The van der Waals surface area contributed by atoms with Gasteiger partial charge in [0.05, 0.1) is 26.5 Å². The van der Waals surface area contributed by atoms with Crippen LogP contribution in [0, 0.1) is 41.0 Å². The summed E-state index contributed by atoms with van der Waals surface area (Å²) in [7, 11) is 0. The molecule has 11 nitrogen and oxygen atoms in total. The summed E-state index contributed by atoms with van der Waals surface area (Å²) in [5.41, 5.74) is 4.38. The number of benzene rings is 3. The number of hydrogen-bond donors (Lipinski definition) is 1. The van der Waals surface area contributed by atoms with E-state index in [4.69, 9.17) is 4.74 Å². The van der Waals surface area contributed by atoms with E-state index in [-0.39, 0.29) is 11.7 Å². The molecule has 1 amide bonds. The maximum absolute atomic E-state index is 12.7. The number of aromatic nitrogens is 1. The molecule has 212 valence electrons. The van der Waals surface area contributed by atoms with E-state index in [1.54, 1.807) is 24.3 Å². The van der Waals surface area contributed by atoms with Gasteiger partial charge in [0, 0.05) is 27.6 Å². The number of hydrogen-bond acceptors (Lipinski definition) is 8. The SMILES string of the molecule is Cc1cc(Br)ccc1N=C1NC(=O)/C(=C/c2cc(C)n(-c3ccc(Oc4ccc([N+](=O)[O-])cc4[N+](=O)[O-])cc3)c2C)S1. The lowest BCUT2D eigenvalue weighted by Gasteiger charge is -2.11. The summed E-state index contributed by atoms with van der Waals surface area (Å²) in [6.07, 6.45) is 1.83. The number of nitro benzene ring substituents is 2. The highest BCUT2D eigenvalue weighted by Gasteiger charge is 2.25. The van der Waals surface area contributed by atoms with E-state index < -0.39 is 21.2 Å². The van der Waals surface area contributed by atoms with E-state index in [2.05, 4.69) is 26.2 Å². The van der Waals surface area contributed by atoms with Crippen molar-refractivity contribution in [2.24, 2.45) is 4.99 Å². The first-order valence-corrected chi connectivity index (χ1v) is 14.1. The quantitative estimate of drug-likeness (QED) is 0.123. The van der Waals surface area contributed by atoms with Gasteiger partial charge in [0.25, 0.3) is 11.6 Å². The van der Waals surface area contributed by atoms with Gasteiger partial charge >= 0.3 is 5.69 Å². The first-order valence-electron chi connectivity index (χ1n) is 12.5. The molecule has 1 fully saturated rings. The fourth-order valence-electron chi connectivity index (χ4n) is 4.45. The Morgan fingerprint density at radius 3 is 2.38 bits per heavy atom. The molecule has 2 heterocycles. The lowest BCUT2D eigenvalue weighted by atomic mass is 10.2. The van der Waals surface area contributed by atoms with Crippen LogP contribution in [0.4, 0.5) is 17.1 Å². The molecule has 42 heavy (non-hydrogen) atoms. The van der Waals surface area contributed by atoms with Crippen LogP contribution in [0.2, 0.25) is 0 Å². The molecule has 0 bridgehead atoms. The number of halogens is 1. The summed E-state index contributed by atoms with van der Waals surface area (Å²) < 4.78 is 8.66. The van der Waals surface area contributed by atoms with Crippen LogP contribution in [-0.4, -0.2) is 25.5 Å². The fraction of sp³-hybridized carbons (Fsp3) is 0.103. The van der Waals surface area contributed by atoms with E-state index in [9.17, 15) is 25.0 Å². The van der Waals surface area contributed by atoms with Crippen molar-refractivity contribution in [3.63, 3.8) is 0 Å². The predicted octanol–water partition coefficient (Wildman–Crippen LogP) is 7.67. The summed E-state index contributed by atoms with van der Waals surface area (Å²) in [4.78, 5) is 38.8. The number of non-ortho nitro benzene ring substituents is 1. The number of aryl methyl sites for hydroxylation is 2. The summed E-state index contributed by atoms with van der Waals surface area (Å²) >= 11 is 4.72. The van der Waals surface area contributed by atoms with Crippen LogP contribution in [0.15, 0.2) is 81.1 Å². The molecule has 1 saturated heterocycles. The maximum Gasteiger partial charge on any atom is 0.318 e. The van der Waals surface area contributed by atoms with Crippen LogP contribution in [0.25, 0.3) is 11.8 Å². The van der Waals surface area contributed by atoms with Crippen LogP contribution >= 0.6 is 27.7 Å². The van der Waals surface area contributed by atoms with Gasteiger partial charge in [0.15, 0.2) is 5.17 Å². The topological polar surface area (TPSA) is 142 Å². The number of nitrogens with one attached hydrogen (secondary N) is 1. The summed E-state index contributed by atoms with van der Waals surface area (Å²) in [5, 5.41) is 25.8. The fourth-order valence-corrected chi connectivity index (χ4v) is 5.75. The third-order valence-electron chi connectivity index (χ3n) is 6.46. The first kappa shape index (κ1) is 28.8. The molecule has 0 spiro atoms. The van der Waals surface area contributed by atoms with Crippen molar-refractivity contribution in [3.05, 3.63) is 119 Å². The molecule has 3 aromatic carbocycles. The number of aliphatic imine (C=N–C) groups is 1. The molecule has 0 saturated carbocycles. The van der Waals surface area contributed by atoms with Crippen molar-refractivity contribution in [1.82, 2.24) is 9.88 Å². The Kier molecular flexibility index (Phi) is 7.96. The molecule has 1 aromatic heterocycles. The number of ether oxygens (including phenoxy) is 1. The van der Waals surface area contributed by atoms with Crippen LogP contribution in [-0.2, 0) is 4.79 Å². The van der Waals surface area contributed by atoms with E-state index in [1.807, 2.05) is 55.7 Å². The third kappa shape index (κ3) is 5.97. The highest BCUT2D eigenvalue weighted by Crippen LogP contribution is 2.35. The van der Waals surface area contributed by atoms with Gasteiger partial charge in [-0.05, 0) is 104 Å². The molecule has 1 N–H and O–H groups in total. The van der Waals surface area contributed by atoms with Crippen LogP contribution < -0.4 is 10.1 Å². The second kappa shape index (κ2) is 11.6. The molecule has 13 heteroatoms. The molecule has 4 aromatic rings. The Balaban J connectivity index is 1.37. The smallest absolute Gasteiger partial charge is 0.318 e. The van der Waals surface area contributed by atoms with Crippen molar-refractivity contribution in [2.75, 3.05) is 0 Å². The lowest BCUT2D eigenvalue weighted by molar-refractivity contribution is -0.394. The molecule has 0 atom stereocenters. The van der Waals surface area contributed by atoms with Crippen molar-refractivity contribution >= 4 is 61.9 Å². The van der Waals surface area contributed by atoms with Crippen molar-refractivity contribution in [3.8, 4) is 17.2 Å². The minimum Gasteiger partial charge on any atom is -0.450 e. The van der Waals surface area contributed by atoms with Gasteiger partial charge in [-0.2, -0.15) is 0 Å². The number of nitro groups is 2. The molecule has 1 aliphatic heterocycles. The standard InChI is InChI=1S/C29H22BrN5O6S/c1-16-12-20(30)4-10-24(16)31-29-32-28(36)27(42-29)14-19-13-17(2)33(18(19)3)21-5-8-23(9-6-21)41-26-11-7-22(34(37)38)15-25(26)35(39)40/h4-15H,1-3H3,(H,31,32,36)/b27-14-. The zero-order valence-corrected chi connectivity index (χ0v) is 24.9.